The predicted molar refractivity (Wildman–Crippen MR) is 127 cm³/mol. The standard InChI is InChI=1S/C25H28ClN3O4/c1-4-31-21-13-17(14-22(32-5-2)24(21)33-6-3)25(30)29-12-11-20-19(15-29)23(28-27-20)16-7-9-18(26)10-8-16/h7-10,13-14H,4-6,11-12,15H2,1-3H3,(H,27,28). The van der Waals surface area contributed by atoms with E-state index in [4.69, 9.17) is 25.8 Å². The van der Waals surface area contributed by atoms with E-state index in [-0.39, 0.29) is 5.91 Å². The second-order valence-corrected chi connectivity index (χ2v) is 8.05. The summed E-state index contributed by atoms with van der Waals surface area (Å²) >= 11 is 6.04. The van der Waals surface area contributed by atoms with Crippen molar-refractivity contribution in [3.8, 4) is 28.5 Å². The zero-order chi connectivity index (χ0) is 23.4. The molecule has 0 spiro atoms. The number of nitrogens with one attached hydrogen (secondary N) is 1. The van der Waals surface area contributed by atoms with Gasteiger partial charge in [-0.2, -0.15) is 5.10 Å². The van der Waals surface area contributed by atoms with Crippen LogP contribution < -0.4 is 14.2 Å². The van der Waals surface area contributed by atoms with Crippen molar-refractivity contribution in [2.24, 2.45) is 0 Å². The van der Waals surface area contributed by atoms with Crippen LogP contribution >= 0.6 is 11.6 Å². The number of hydrogen-bond acceptors (Lipinski definition) is 5. The molecule has 174 valence electrons. The van der Waals surface area contributed by atoms with Crippen molar-refractivity contribution in [1.82, 2.24) is 15.1 Å². The monoisotopic (exact) mass is 469 g/mol. The van der Waals surface area contributed by atoms with Crippen molar-refractivity contribution in [2.45, 2.75) is 33.7 Å². The van der Waals surface area contributed by atoms with Crippen LogP contribution in [0.2, 0.25) is 5.02 Å². The summed E-state index contributed by atoms with van der Waals surface area (Å²) in [6.07, 6.45) is 0.704. The molecule has 1 aromatic heterocycles. The van der Waals surface area contributed by atoms with Crippen LogP contribution in [0.5, 0.6) is 17.2 Å². The van der Waals surface area contributed by atoms with Gasteiger partial charge in [-0.25, -0.2) is 0 Å². The molecule has 0 bridgehead atoms. The van der Waals surface area contributed by atoms with Crippen LogP contribution in [0, 0.1) is 0 Å². The molecule has 33 heavy (non-hydrogen) atoms. The van der Waals surface area contributed by atoms with Crippen molar-refractivity contribution in [1.29, 1.82) is 0 Å². The molecule has 0 unspecified atom stereocenters. The molecule has 4 rings (SSSR count). The van der Waals surface area contributed by atoms with E-state index < -0.39 is 0 Å². The molecule has 1 aliphatic heterocycles. The smallest absolute Gasteiger partial charge is 0.254 e. The predicted octanol–water partition coefficient (Wildman–Crippen LogP) is 5.12. The Labute approximate surface area is 198 Å². The molecule has 1 N–H and O–H groups in total. The molecule has 0 saturated heterocycles. The lowest BCUT2D eigenvalue weighted by molar-refractivity contribution is 0.0733. The third kappa shape index (κ3) is 4.78. The number of benzene rings is 2. The van der Waals surface area contributed by atoms with E-state index in [0.29, 0.717) is 67.2 Å². The molecule has 7 nitrogen and oxygen atoms in total. The van der Waals surface area contributed by atoms with E-state index in [0.717, 1.165) is 22.5 Å². The highest BCUT2D eigenvalue weighted by molar-refractivity contribution is 6.30. The van der Waals surface area contributed by atoms with Crippen molar-refractivity contribution in [2.75, 3.05) is 26.4 Å². The largest absolute Gasteiger partial charge is 0.490 e. The number of amides is 1. The Hall–Kier alpha value is -3.19. The van der Waals surface area contributed by atoms with Gasteiger partial charge in [-0.15, -0.1) is 0 Å². The highest BCUT2D eigenvalue weighted by Gasteiger charge is 2.28. The van der Waals surface area contributed by atoms with Gasteiger partial charge in [0.2, 0.25) is 5.75 Å². The lowest BCUT2D eigenvalue weighted by Crippen LogP contribution is -2.36. The van der Waals surface area contributed by atoms with Gasteiger partial charge in [-0.1, -0.05) is 23.7 Å². The average molecular weight is 470 g/mol. The normalized spacial score (nSPS) is 12.9. The molecule has 1 aliphatic rings. The summed E-state index contributed by atoms with van der Waals surface area (Å²) in [4.78, 5) is 15.4. The number of aromatic nitrogens is 2. The number of aromatic amines is 1. The second kappa shape index (κ2) is 10.2. The number of fused-ring (bicyclic) bond motifs is 1. The van der Waals surface area contributed by atoms with Crippen LogP contribution in [0.4, 0.5) is 0 Å². The van der Waals surface area contributed by atoms with Crippen LogP contribution in [-0.4, -0.2) is 47.4 Å². The van der Waals surface area contributed by atoms with E-state index in [2.05, 4.69) is 10.2 Å². The maximum Gasteiger partial charge on any atom is 0.254 e. The minimum absolute atomic E-state index is 0.0890. The Bertz CT molecular complexity index is 1100. The molecule has 0 saturated carbocycles. The minimum atomic E-state index is -0.0890. The average Bonchev–Trinajstić information content (AvgIpc) is 3.24. The van der Waals surface area contributed by atoms with Crippen molar-refractivity contribution in [3.05, 3.63) is 58.2 Å². The van der Waals surface area contributed by atoms with Gasteiger partial charge < -0.3 is 19.1 Å². The quantitative estimate of drug-likeness (QED) is 0.495. The van der Waals surface area contributed by atoms with Crippen molar-refractivity contribution in [3.63, 3.8) is 0 Å². The Morgan fingerprint density at radius 2 is 1.67 bits per heavy atom. The van der Waals surface area contributed by atoms with Gasteiger partial charge in [0.05, 0.1) is 25.5 Å². The summed E-state index contributed by atoms with van der Waals surface area (Å²) in [5.41, 5.74) is 4.39. The summed E-state index contributed by atoms with van der Waals surface area (Å²) in [5.74, 6) is 1.46. The van der Waals surface area contributed by atoms with Crippen molar-refractivity contribution < 1.29 is 19.0 Å². The number of H-pyrrole nitrogens is 1. The van der Waals surface area contributed by atoms with E-state index >= 15 is 0 Å². The number of carbonyl (C=O) groups is 1. The van der Waals surface area contributed by atoms with Gasteiger partial charge in [0, 0.05) is 46.9 Å². The van der Waals surface area contributed by atoms with E-state index in [1.807, 2.05) is 49.9 Å². The third-order valence-corrected chi connectivity index (χ3v) is 5.75. The number of carbonyl (C=O) groups excluding carboxylic acids is 1. The van der Waals surface area contributed by atoms with Crippen LogP contribution in [-0.2, 0) is 13.0 Å². The summed E-state index contributed by atoms with van der Waals surface area (Å²) < 4.78 is 17.3. The van der Waals surface area contributed by atoms with E-state index in [1.165, 1.54) is 0 Å². The number of hydrogen-bond donors (Lipinski definition) is 1. The molecule has 0 aliphatic carbocycles. The molecule has 0 fully saturated rings. The SMILES string of the molecule is CCOc1cc(C(=O)N2CCc3[nH]nc(-c4ccc(Cl)cc4)c3C2)cc(OCC)c1OCC. The van der Waals surface area contributed by atoms with Crippen LogP contribution in [0.3, 0.4) is 0 Å². The molecule has 0 radical (unpaired) electrons. The molecular formula is C25H28ClN3O4. The second-order valence-electron chi connectivity index (χ2n) is 7.61. The van der Waals surface area contributed by atoms with E-state index in [9.17, 15) is 4.79 Å². The Morgan fingerprint density at radius 1 is 1.03 bits per heavy atom. The number of halogens is 1. The van der Waals surface area contributed by atoms with Gasteiger partial charge >= 0.3 is 0 Å². The lowest BCUT2D eigenvalue weighted by atomic mass is 10.00. The Kier molecular flexibility index (Phi) is 7.08. The molecule has 1 amide bonds. The molecule has 2 heterocycles. The molecule has 8 heteroatoms. The van der Waals surface area contributed by atoms with E-state index in [1.54, 1.807) is 12.1 Å². The first kappa shape index (κ1) is 23.0. The fraction of sp³-hybridized carbons (Fsp3) is 0.360. The first-order valence-corrected chi connectivity index (χ1v) is 11.6. The summed E-state index contributed by atoms with van der Waals surface area (Å²) in [7, 11) is 0. The third-order valence-electron chi connectivity index (χ3n) is 5.49. The van der Waals surface area contributed by atoms with Crippen LogP contribution in [0.25, 0.3) is 11.3 Å². The first-order chi connectivity index (χ1) is 16.0. The first-order valence-electron chi connectivity index (χ1n) is 11.2. The number of rotatable bonds is 8. The zero-order valence-corrected chi connectivity index (χ0v) is 19.9. The highest BCUT2D eigenvalue weighted by atomic mass is 35.5. The van der Waals surface area contributed by atoms with Gasteiger partial charge in [-0.3, -0.25) is 9.89 Å². The summed E-state index contributed by atoms with van der Waals surface area (Å²) in [6.45, 7) is 8.13. The topological polar surface area (TPSA) is 76.7 Å². The molecule has 3 aromatic rings. The maximum atomic E-state index is 13.5. The highest BCUT2D eigenvalue weighted by Crippen LogP contribution is 2.40. The van der Waals surface area contributed by atoms with Crippen LogP contribution in [0.1, 0.15) is 42.4 Å². The minimum Gasteiger partial charge on any atom is -0.490 e. The fourth-order valence-electron chi connectivity index (χ4n) is 4.01. The fourth-order valence-corrected chi connectivity index (χ4v) is 4.14. The van der Waals surface area contributed by atoms with Gasteiger partial charge in [0.15, 0.2) is 11.5 Å². The number of ether oxygens (including phenoxy) is 3. The molecule has 2 aromatic carbocycles. The van der Waals surface area contributed by atoms with Gasteiger partial charge in [-0.05, 0) is 45.0 Å². The number of nitrogens with zero attached hydrogens (tertiary/aromatic N) is 2. The van der Waals surface area contributed by atoms with Crippen molar-refractivity contribution >= 4 is 17.5 Å². The molecule has 0 atom stereocenters. The van der Waals surface area contributed by atoms with Gasteiger partial charge in [0.25, 0.3) is 5.91 Å². The maximum absolute atomic E-state index is 13.5. The molecular weight excluding hydrogens is 442 g/mol. The van der Waals surface area contributed by atoms with Gasteiger partial charge in [0.1, 0.15) is 0 Å². The summed E-state index contributed by atoms with van der Waals surface area (Å²) in [6, 6.07) is 11.0. The lowest BCUT2D eigenvalue weighted by Gasteiger charge is -2.28. The Balaban J connectivity index is 1.64. The summed E-state index contributed by atoms with van der Waals surface area (Å²) in [5, 5.41) is 8.32. The van der Waals surface area contributed by atoms with Crippen LogP contribution in [0.15, 0.2) is 36.4 Å². The Morgan fingerprint density at radius 3 is 2.27 bits per heavy atom. The zero-order valence-electron chi connectivity index (χ0n) is 19.1.